The summed E-state index contributed by atoms with van der Waals surface area (Å²) in [6.07, 6.45) is 5.14. The molecule has 8 nitrogen and oxygen atoms in total. The van der Waals surface area contributed by atoms with Gasteiger partial charge in [0.25, 0.3) is 0 Å². The summed E-state index contributed by atoms with van der Waals surface area (Å²) in [7, 11) is -1.72. The largest absolute Gasteiger partial charge is 0.384 e. The minimum Gasteiger partial charge on any atom is -0.384 e. The van der Waals surface area contributed by atoms with E-state index in [9.17, 15) is 8.42 Å². The molecule has 10 heteroatoms. The Bertz CT molecular complexity index is 965. The number of methoxy groups -OCH3 is 1. The zero-order valence-corrected chi connectivity index (χ0v) is 15.3. The average Bonchev–Trinajstić information content (AvgIpc) is 3.22. The number of ether oxygens (including phenoxy) is 1. The molecule has 0 aliphatic rings. The van der Waals surface area contributed by atoms with E-state index in [-0.39, 0.29) is 4.90 Å². The topological polar surface area (TPSA) is 99.0 Å². The van der Waals surface area contributed by atoms with E-state index in [2.05, 4.69) is 19.8 Å². The number of hydrogen-bond acceptors (Lipinski definition) is 8. The minimum absolute atomic E-state index is 0.224. The normalized spacial score (nSPS) is 11.6. The van der Waals surface area contributed by atoms with Gasteiger partial charge in [-0.05, 0) is 12.1 Å². The fourth-order valence-corrected chi connectivity index (χ4v) is 3.70. The first kappa shape index (κ1) is 17.5. The number of anilines is 2. The Labute approximate surface area is 149 Å². The standard InChI is InChI=1S/C15H17N5O3S2/c1-23-8-7-14-18-15(24-19-14)17-11-9-16-20(10-11)12-5-3-4-6-13(12)25(2,21)22/h3-6,9-10H,7-8H2,1-2H3,(H,17,18,19). The summed E-state index contributed by atoms with van der Waals surface area (Å²) in [5.74, 6) is 0.712. The lowest BCUT2D eigenvalue weighted by atomic mass is 10.3. The third kappa shape index (κ3) is 4.21. The van der Waals surface area contributed by atoms with Gasteiger partial charge in [-0.1, -0.05) is 12.1 Å². The van der Waals surface area contributed by atoms with Crippen molar-refractivity contribution in [2.45, 2.75) is 11.3 Å². The number of benzene rings is 1. The molecule has 1 N–H and O–H groups in total. The van der Waals surface area contributed by atoms with Crippen molar-refractivity contribution in [2.75, 3.05) is 25.3 Å². The van der Waals surface area contributed by atoms with Gasteiger partial charge >= 0.3 is 0 Å². The van der Waals surface area contributed by atoms with Crippen molar-refractivity contribution in [3.63, 3.8) is 0 Å². The number of aromatic nitrogens is 4. The molecule has 0 fully saturated rings. The second kappa shape index (κ2) is 7.30. The lowest BCUT2D eigenvalue weighted by Gasteiger charge is -2.07. The average molecular weight is 379 g/mol. The van der Waals surface area contributed by atoms with Crippen LogP contribution in [0.25, 0.3) is 5.69 Å². The lowest BCUT2D eigenvalue weighted by molar-refractivity contribution is 0.201. The molecule has 2 heterocycles. The van der Waals surface area contributed by atoms with Crippen LogP contribution in [0.5, 0.6) is 0 Å². The summed E-state index contributed by atoms with van der Waals surface area (Å²) in [5, 5.41) is 8.00. The first-order valence-electron chi connectivity index (χ1n) is 7.40. The van der Waals surface area contributed by atoms with Crippen molar-refractivity contribution in [1.29, 1.82) is 0 Å². The van der Waals surface area contributed by atoms with E-state index >= 15 is 0 Å². The maximum absolute atomic E-state index is 11.9. The van der Waals surface area contributed by atoms with Crippen LogP contribution in [0.3, 0.4) is 0 Å². The van der Waals surface area contributed by atoms with Crippen LogP contribution in [-0.4, -0.2) is 47.5 Å². The fourth-order valence-electron chi connectivity index (χ4n) is 2.20. The van der Waals surface area contributed by atoms with Crippen LogP contribution in [0.2, 0.25) is 0 Å². The van der Waals surface area contributed by atoms with Crippen molar-refractivity contribution in [2.24, 2.45) is 0 Å². The molecule has 0 unspecified atom stereocenters. The molecule has 0 saturated heterocycles. The molecule has 132 valence electrons. The zero-order valence-electron chi connectivity index (χ0n) is 13.7. The first-order valence-corrected chi connectivity index (χ1v) is 10.1. The molecule has 0 aliphatic heterocycles. The van der Waals surface area contributed by atoms with E-state index in [0.29, 0.717) is 35.4 Å². The first-order chi connectivity index (χ1) is 12.0. The molecule has 3 aromatic rings. The number of nitrogens with one attached hydrogen (secondary N) is 1. The number of sulfone groups is 1. The molecule has 0 spiro atoms. The molecule has 0 saturated carbocycles. The van der Waals surface area contributed by atoms with Gasteiger partial charge in [-0.2, -0.15) is 9.47 Å². The monoisotopic (exact) mass is 379 g/mol. The summed E-state index contributed by atoms with van der Waals surface area (Å²) >= 11 is 1.25. The van der Waals surface area contributed by atoms with Gasteiger partial charge in [0.05, 0.1) is 35.3 Å². The van der Waals surface area contributed by atoms with Crippen LogP contribution < -0.4 is 5.32 Å². The second-order valence-electron chi connectivity index (χ2n) is 5.30. The van der Waals surface area contributed by atoms with Gasteiger partial charge in [0.2, 0.25) is 5.13 Å². The SMILES string of the molecule is COCCc1nsc(Nc2cnn(-c3ccccc3S(C)(=O)=O)c2)n1. The zero-order chi connectivity index (χ0) is 17.9. The van der Waals surface area contributed by atoms with E-state index in [1.54, 1.807) is 43.8 Å². The predicted molar refractivity (Wildman–Crippen MR) is 95.4 cm³/mol. The Kier molecular flexibility index (Phi) is 5.11. The number of rotatable bonds is 7. The molecule has 0 amide bonds. The molecule has 25 heavy (non-hydrogen) atoms. The van der Waals surface area contributed by atoms with Gasteiger partial charge in [-0.25, -0.2) is 18.1 Å². The van der Waals surface area contributed by atoms with Crippen molar-refractivity contribution in [1.82, 2.24) is 19.1 Å². The maximum Gasteiger partial charge on any atom is 0.207 e. The van der Waals surface area contributed by atoms with Crippen LogP contribution in [0.15, 0.2) is 41.6 Å². The Hall–Kier alpha value is -2.30. The Balaban J connectivity index is 1.81. The van der Waals surface area contributed by atoms with Crippen molar-refractivity contribution in [3.05, 3.63) is 42.5 Å². The van der Waals surface area contributed by atoms with Crippen molar-refractivity contribution < 1.29 is 13.2 Å². The quantitative estimate of drug-likeness (QED) is 0.671. The number of para-hydroxylation sites is 1. The molecular weight excluding hydrogens is 362 g/mol. The molecule has 2 aromatic heterocycles. The van der Waals surface area contributed by atoms with Crippen LogP contribution in [-0.2, 0) is 21.0 Å². The van der Waals surface area contributed by atoms with Gasteiger partial charge in [-0.15, -0.1) is 0 Å². The number of nitrogens with zero attached hydrogens (tertiary/aromatic N) is 4. The predicted octanol–water partition coefficient (Wildman–Crippen LogP) is 2.06. The Morgan fingerprint density at radius 3 is 2.88 bits per heavy atom. The third-order valence-corrected chi connectivity index (χ3v) is 5.16. The molecular formula is C15H17N5O3S2. The minimum atomic E-state index is -3.35. The molecule has 0 bridgehead atoms. The molecule has 0 atom stereocenters. The molecule has 0 radical (unpaired) electrons. The van der Waals surface area contributed by atoms with E-state index in [1.807, 2.05) is 0 Å². The summed E-state index contributed by atoms with van der Waals surface area (Å²) < 4.78 is 34.6. The van der Waals surface area contributed by atoms with Crippen LogP contribution in [0.1, 0.15) is 5.82 Å². The van der Waals surface area contributed by atoms with Gasteiger partial charge in [0, 0.05) is 31.3 Å². The Morgan fingerprint density at radius 1 is 1.32 bits per heavy atom. The van der Waals surface area contributed by atoms with Crippen molar-refractivity contribution >= 4 is 32.2 Å². The van der Waals surface area contributed by atoms with Crippen LogP contribution >= 0.6 is 11.5 Å². The summed E-state index contributed by atoms with van der Waals surface area (Å²) in [4.78, 5) is 4.59. The fraction of sp³-hybridized carbons (Fsp3) is 0.267. The van der Waals surface area contributed by atoms with E-state index in [0.717, 1.165) is 0 Å². The highest BCUT2D eigenvalue weighted by Gasteiger charge is 2.15. The second-order valence-corrected chi connectivity index (χ2v) is 8.03. The van der Waals surface area contributed by atoms with Gasteiger partial charge in [0.1, 0.15) is 5.82 Å². The molecule has 3 rings (SSSR count). The van der Waals surface area contributed by atoms with Crippen LogP contribution in [0, 0.1) is 0 Å². The van der Waals surface area contributed by atoms with Gasteiger partial charge in [-0.3, -0.25) is 0 Å². The highest BCUT2D eigenvalue weighted by atomic mass is 32.2. The van der Waals surface area contributed by atoms with Gasteiger partial charge in [0.15, 0.2) is 9.84 Å². The molecule has 1 aromatic carbocycles. The highest BCUT2D eigenvalue weighted by Crippen LogP contribution is 2.23. The maximum atomic E-state index is 11.9. The molecule has 0 aliphatic carbocycles. The summed E-state index contributed by atoms with van der Waals surface area (Å²) in [6.45, 7) is 0.566. The summed E-state index contributed by atoms with van der Waals surface area (Å²) in [5.41, 5.74) is 1.19. The van der Waals surface area contributed by atoms with E-state index in [1.165, 1.54) is 22.5 Å². The lowest BCUT2D eigenvalue weighted by Crippen LogP contribution is -2.05. The van der Waals surface area contributed by atoms with Crippen LogP contribution in [0.4, 0.5) is 10.8 Å². The van der Waals surface area contributed by atoms with Gasteiger partial charge < -0.3 is 10.1 Å². The van der Waals surface area contributed by atoms with Crippen molar-refractivity contribution in [3.8, 4) is 5.69 Å². The third-order valence-electron chi connectivity index (χ3n) is 3.34. The smallest absolute Gasteiger partial charge is 0.207 e. The van der Waals surface area contributed by atoms with E-state index in [4.69, 9.17) is 4.74 Å². The van der Waals surface area contributed by atoms with E-state index < -0.39 is 9.84 Å². The highest BCUT2D eigenvalue weighted by molar-refractivity contribution is 7.90. The number of hydrogen-bond donors (Lipinski definition) is 1. The Morgan fingerprint density at radius 2 is 2.12 bits per heavy atom. The summed E-state index contributed by atoms with van der Waals surface area (Å²) in [6, 6.07) is 6.73.